The molecule has 1 aromatic carbocycles. The molecule has 0 saturated carbocycles. The van der Waals surface area contributed by atoms with Crippen LogP contribution in [0.2, 0.25) is 0 Å². The van der Waals surface area contributed by atoms with Crippen molar-refractivity contribution in [1.82, 2.24) is 0 Å². The number of benzene rings is 1. The third-order valence-corrected chi connectivity index (χ3v) is 8.69. The van der Waals surface area contributed by atoms with E-state index in [1.54, 1.807) is 6.92 Å². The smallest absolute Gasteiger partial charge is 0.207 e. The second-order valence-corrected chi connectivity index (χ2v) is 12.9. The summed E-state index contributed by atoms with van der Waals surface area (Å²) in [4.78, 5) is 0. The highest BCUT2D eigenvalue weighted by molar-refractivity contribution is 5.66. The van der Waals surface area contributed by atoms with Crippen LogP contribution in [0.25, 0.3) is 0 Å². The van der Waals surface area contributed by atoms with Crippen molar-refractivity contribution < 1.29 is 19.7 Å². The molecule has 0 amide bonds. The molecular formula is C42H64O4. The number of hydrogen-bond acceptors (Lipinski definition) is 4. The monoisotopic (exact) mass is 632 g/mol. The predicted molar refractivity (Wildman–Crippen MR) is 199 cm³/mol. The van der Waals surface area contributed by atoms with Crippen molar-refractivity contribution in [3.63, 3.8) is 0 Å². The van der Waals surface area contributed by atoms with E-state index in [4.69, 9.17) is 9.47 Å². The summed E-state index contributed by atoms with van der Waals surface area (Å²) in [5.74, 6) is 0.354. The van der Waals surface area contributed by atoms with Crippen LogP contribution in [-0.2, 0) is 6.42 Å². The highest BCUT2D eigenvalue weighted by Gasteiger charge is 2.22. The Morgan fingerprint density at radius 1 is 0.522 bits per heavy atom. The number of ether oxygens (including phenoxy) is 2. The molecule has 0 aliphatic carbocycles. The van der Waals surface area contributed by atoms with E-state index in [0.717, 1.165) is 77.0 Å². The van der Waals surface area contributed by atoms with Gasteiger partial charge in [0.15, 0.2) is 11.5 Å². The van der Waals surface area contributed by atoms with Gasteiger partial charge >= 0.3 is 0 Å². The van der Waals surface area contributed by atoms with Gasteiger partial charge in [0, 0.05) is 11.1 Å². The molecule has 0 heterocycles. The van der Waals surface area contributed by atoms with Gasteiger partial charge in [-0.25, -0.2) is 0 Å². The highest BCUT2D eigenvalue weighted by Crippen LogP contribution is 2.48. The van der Waals surface area contributed by atoms with Gasteiger partial charge in [-0.1, -0.05) is 76.0 Å². The first-order valence-electron chi connectivity index (χ1n) is 17.1. The number of hydrogen-bond donors (Lipinski definition) is 2. The Bertz CT molecular complexity index is 1280. The maximum atomic E-state index is 10.7. The Balaban J connectivity index is 2.41. The first kappa shape index (κ1) is 40.6. The van der Waals surface area contributed by atoms with Gasteiger partial charge in [-0.2, -0.15) is 0 Å². The van der Waals surface area contributed by atoms with Crippen molar-refractivity contribution in [3.8, 4) is 23.0 Å². The van der Waals surface area contributed by atoms with Crippen molar-refractivity contribution in [2.75, 3.05) is 14.2 Å². The molecule has 0 saturated heterocycles. The van der Waals surface area contributed by atoms with E-state index in [2.05, 4.69) is 84.6 Å². The largest absolute Gasteiger partial charge is 0.504 e. The molecule has 0 aromatic heterocycles. The Labute approximate surface area is 282 Å². The highest BCUT2D eigenvalue weighted by atomic mass is 16.5. The number of aromatic hydroxyl groups is 2. The van der Waals surface area contributed by atoms with Crippen LogP contribution in [0.4, 0.5) is 0 Å². The minimum Gasteiger partial charge on any atom is -0.504 e. The zero-order valence-electron chi connectivity index (χ0n) is 30.7. The average molecular weight is 633 g/mol. The molecule has 0 atom stereocenters. The van der Waals surface area contributed by atoms with Crippen molar-refractivity contribution in [2.45, 2.75) is 132 Å². The van der Waals surface area contributed by atoms with E-state index >= 15 is 0 Å². The average Bonchev–Trinajstić information content (AvgIpc) is 3.01. The van der Waals surface area contributed by atoms with Gasteiger partial charge in [-0.15, -0.1) is 6.58 Å². The van der Waals surface area contributed by atoms with Crippen molar-refractivity contribution in [1.29, 1.82) is 0 Å². The molecule has 1 rings (SSSR count). The minimum absolute atomic E-state index is 0.00599. The zero-order valence-corrected chi connectivity index (χ0v) is 30.7. The summed E-state index contributed by atoms with van der Waals surface area (Å²) in [6.07, 6.45) is 29.7. The fourth-order valence-corrected chi connectivity index (χ4v) is 5.42. The fourth-order valence-electron chi connectivity index (χ4n) is 5.42. The number of rotatable bonds is 22. The van der Waals surface area contributed by atoms with Crippen LogP contribution < -0.4 is 9.47 Å². The van der Waals surface area contributed by atoms with Gasteiger partial charge in [0.25, 0.3) is 0 Å². The molecule has 0 radical (unpaired) electrons. The summed E-state index contributed by atoms with van der Waals surface area (Å²) in [5.41, 5.74) is 9.88. The Morgan fingerprint density at radius 2 is 0.826 bits per heavy atom. The van der Waals surface area contributed by atoms with Crippen molar-refractivity contribution in [3.05, 3.63) is 93.7 Å². The summed E-state index contributed by atoms with van der Waals surface area (Å²) in [6.45, 7) is 18.9. The van der Waals surface area contributed by atoms with E-state index in [0.29, 0.717) is 17.5 Å². The normalized spacial score (nSPS) is 13.8. The lowest BCUT2D eigenvalue weighted by molar-refractivity contribution is 0.314. The van der Waals surface area contributed by atoms with Crippen LogP contribution in [0.5, 0.6) is 23.0 Å². The third kappa shape index (κ3) is 15.7. The Hall–Kier alpha value is -3.40. The summed E-state index contributed by atoms with van der Waals surface area (Å²) in [7, 11) is 2.90. The van der Waals surface area contributed by atoms with Gasteiger partial charge in [0.05, 0.1) is 14.2 Å². The number of methoxy groups -OCH3 is 2. The van der Waals surface area contributed by atoms with E-state index in [-0.39, 0.29) is 23.0 Å². The quantitative estimate of drug-likeness (QED) is 0.0986. The molecule has 256 valence electrons. The fraction of sp³-hybridized carbons (Fsp3) is 0.524. The minimum atomic E-state index is 0.00599. The lowest BCUT2D eigenvalue weighted by atomic mass is 9.99. The SMILES string of the molecule is C=CCC/C(C)=C\CC/C(C)=C\CC/C(C)=C/CC/C(C)=C/CC/C(C)=C/CC/C(C)=C/Cc1c(C)c(O)c(OC)c(OC)c1O. The lowest BCUT2D eigenvalue weighted by Crippen LogP contribution is -1.98. The maximum absolute atomic E-state index is 10.7. The third-order valence-electron chi connectivity index (χ3n) is 8.69. The standard InChI is InChI=1S/C42H64O4/c1-11-12-18-31(2)19-13-20-32(3)21-14-22-33(4)23-15-24-34(5)25-16-26-35(6)27-17-28-36(7)29-30-38-37(8)39(43)41(45-9)42(46-10)40(38)44/h11,19,21,23,25,27,29,43-44H,1,12-18,20,22,24,26,28,30H2,2-10H3/b31-19-,32-21-,33-23+,34-25+,35-27+,36-29+. The molecular weight excluding hydrogens is 568 g/mol. The number of phenols is 2. The van der Waals surface area contributed by atoms with Gasteiger partial charge in [-0.05, 0) is 132 Å². The van der Waals surface area contributed by atoms with Gasteiger partial charge in [0.1, 0.15) is 0 Å². The van der Waals surface area contributed by atoms with Gasteiger partial charge < -0.3 is 19.7 Å². The van der Waals surface area contributed by atoms with E-state index in [1.165, 1.54) is 47.7 Å². The van der Waals surface area contributed by atoms with E-state index < -0.39 is 0 Å². The summed E-state index contributed by atoms with van der Waals surface area (Å²) >= 11 is 0. The molecule has 46 heavy (non-hydrogen) atoms. The maximum Gasteiger partial charge on any atom is 0.207 e. The van der Waals surface area contributed by atoms with Crippen LogP contribution in [-0.4, -0.2) is 24.4 Å². The lowest BCUT2D eigenvalue weighted by Gasteiger charge is -2.17. The van der Waals surface area contributed by atoms with Gasteiger partial charge in [-0.3, -0.25) is 0 Å². The Morgan fingerprint density at radius 3 is 1.15 bits per heavy atom. The first-order valence-corrected chi connectivity index (χ1v) is 17.1. The molecule has 1 aromatic rings. The van der Waals surface area contributed by atoms with Crippen LogP contribution in [0.1, 0.15) is 130 Å². The summed E-state index contributed by atoms with van der Waals surface area (Å²) < 4.78 is 10.5. The van der Waals surface area contributed by atoms with E-state index in [1.807, 2.05) is 6.08 Å². The zero-order chi connectivity index (χ0) is 34.5. The number of allylic oxidation sites excluding steroid dienone is 13. The number of phenolic OH excluding ortho intramolecular Hbond substituents is 2. The summed E-state index contributed by atoms with van der Waals surface area (Å²) in [5, 5.41) is 21.2. The predicted octanol–water partition coefficient (Wildman–Crippen LogP) is 12.5. The van der Waals surface area contributed by atoms with Crippen LogP contribution in [0.3, 0.4) is 0 Å². The molecule has 0 bridgehead atoms. The molecule has 0 spiro atoms. The molecule has 0 fully saturated rings. The van der Waals surface area contributed by atoms with Crippen LogP contribution in [0, 0.1) is 6.92 Å². The summed E-state index contributed by atoms with van der Waals surface area (Å²) in [6, 6.07) is 0. The second-order valence-electron chi connectivity index (χ2n) is 12.9. The van der Waals surface area contributed by atoms with Gasteiger partial charge in [0.2, 0.25) is 11.5 Å². The van der Waals surface area contributed by atoms with Crippen molar-refractivity contribution >= 4 is 0 Å². The topological polar surface area (TPSA) is 58.9 Å². The van der Waals surface area contributed by atoms with Crippen molar-refractivity contribution in [2.24, 2.45) is 0 Å². The van der Waals surface area contributed by atoms with Crippen LogP contribution in [0.15, 0.2) is 82.5 Å². The second kappa shape index (κ2) is 23.0. The van der Waals surface area contributed by atoms with E-state index in [9.17, 15) is 10.2 Å². The van der Waals surface area contributed by atoms with Crippen LogP contribution >= 0.6 is 0 Å². The molecule has 0 unspecified atom stereocenters. The molecule has 0 aliphatic heterocycles. The molecule has 2 N–H and O–H groups in total. The molecule has 4 heteroatoms. The molecule has 4 nitrogen and oxygen atoms in total. The molecule has 0 aliphatic rings. The Kier molecular flexibility index (Phi) is 20.3. The first-order chi connectivity index (χ1) is 21.9.